The zero-order valence-electron chi connectivity index (χ0n) is 10.6. The van der Waals surface area contributed by atoms with Crippen molar-refractivity contribution in [3.8, 4) is 0 Å². The molecule has 0 spiro atoms. The van der Waals surface area contributed by atoms with Gasteiger partial charge in [0.2, 0.25) is 5.76 Å². The fourth-order valence-electron chi connectivity index (χ4n) is 1.58. The summed E-state index contributed by atoms with van der Waals surface area (Å²) < 4.78 is 23.1. The summed E-state index contributed by atoms with van der Waals surface area (Å²) in [5.41, 5.74) is 0. The fraction of sp³-hybridized carbons (Fsp3) is 0.214. The van der Waals surface area contributed by atoms with E-state index in [1.165, 1.54) is 31.0 Å². The number of furan rings is 1. The molecule has 2 rings (SSSR count). The highest BCUT2D eigenvalue weighted by Gasteiger charge is 2.16. The lowest BCUT2D eigenvalue weighted by Crippen LogP contribution is -1.98. The van der Waals surface area contributed by atoms with Gasteiger partial charge in [0.1, 0.15) is 11.6 Å². The molecule has 1 unspecified atom stereocenters. The van der Waals surface area contributed by atoms with Crippen LogP contribution >= 0.6 is 11.8 Å². The molecule has 1 aromatic carbocycles. The Balaban J connectivity index is 2.09. The lowest BCUT2D eigenvalue weighted by Gasteiger charge is -2.08. The molecular formula is C14H13FO3S. The van der Waals surface area contributed by atoms with Crippen LogP contribution < -0.4 is 0 Å². The third kappa shape index (κ3) is 3.38. The van der Waals surface area contributed by atoms with Crippen LogP contribution in [0.2, 0.25) is 0 Å². The van der Waals surface area contributed by atoms with Crippen molar-refractivity contribution in [1.29, 1.82) is 0 Å². The molecule has 1 heterocycles. The maximum atomic E-state index is 13.1. The van der Waals surface area contributed by atoms with Gasteiger partial charge >= 0.3 is 5.97 Å². The van der Waals surface area contributed by atoms with Crippen LogP contribution in [-0.2, 0) is 4.74 Å². The SMILES string of the molecule is COC(=O)c1ccc(C(C)Sc2cccc(F)c2)o1. The van der Waals surface area contributed by atoms with Crippen LogP contribution in [0.15, 0.2) is 45.7 Å². The largest absolute Gasteiger partial charge is 0.463 e. The Kier molecular flexibility index (Phi) is 4.27. The molecule has 1 atom stereocenters. The Bertz CT molecular complexity index is 580. The number of esters is 1. The van der Waals surface area contributed by atoms with E-state index in [0.717, 1.165) is 4.90 Å². The van der Waals surface area contributed by atoms with Gasteiger partial charge in [-0.3, -0.25) is 0 Å². The van der Waals surface area contributed by atoms with Crippen molar-refractivity contribution in [2.75, 3.05) is 7.11 Å². The molecular weight excluding hydrogens is 267 g/mol. The lowest BCUT2D eigenvalue weighted by atomic mass is 10.3. The molecule has 0 saturated carbocycles. The molecule has 0 fully saturated rings. The summed E-state index contributed by atoms with van der Waals surface area (Å²) >= 11 is 1.46. The van der Waals surface area contributed by atoms with Gasteiger partial charge in [0.05, 0.1) is 12.4 Å². The number of carbonyl (C=O) groups is 1. The first-order valence-electron chi connectivity index (χ1n) is 5.70. The van der Waals surface area contributed by atoms with Crippen molar-refractivity contribution < 1.29 is 18.3 Å². The van der Waals surface area contributed by atoms with Crippen LogP contribution in [0.4, 0.5) is 4.39 Å². The van der Waals surface area contributed by atoms with Gasteiger partial charge in [0, 0.05) is 4.90 Å². The number of hydrogen-bond donors (Lipinski definition) is 0. The summed E-state index contributed by atoms with van der Waals surface area (Å²) in [6.07, 6.45) is 0. The maximum absolute atomic E-state index is 13.1. The highest BCUT2D eigenvalue weighted by atomic mass is 32.2. The Morgan fingerprint density at radius 1 is 1.37 bits per heavy atom. The molecule has 0 radical (unpaired) electrons. The fourth-order valence-corrected chi connectivity index (χ4v) is 2.57. The molecule has 0 aliphatic heterocycles. The molecule has 100 valence electrons. The van der Waals surface area contributed by atoms with Gasteiger partial charge in [-0.05, 0) is 37.3 Å². The quantitative estimate of drug-likeness (QED) is 0.625. The van der Waals surface area contributed by atoms with Crippen LogP contribution in [0.5, 0.6) is 0 Å². The molecule has 5 heteroatoms. The van der Waals surface area contributed by atoms with Crippen molar-refractivity contribution >= 4 is 17.7 Å². The molecule has 0 amide bonds. The van der Waals surface area contributed by atoms with Crippen LogP contribution in [0.3, 0.4) is 0 Å². The van der Waals surface area contributed by atoms with Crippen LogP contribution in [0, 0.1) is 5.82 Å². The number of ether oxygens (including phenoxy) is 1. The van der Waals surface area contributed by atoms with Gasteiger partial charge in [-0.25, -0.2) is 9.18 Å². The highest BCUT2D eigenvalue weighted by Crippen LogP contribution is 2.35. The lowest BCUT2D eigenvalue weighted by molar-refractivity contribution is 0.0563. The third-order valence-electron chi connectivity index (χ3n) is 2.52. The number of thioether (sulfide) groups is 1. The molecule has 0 N–H and O–H groups in total. The van der Waals surface area contributed by atoms with Gasteiger partial charge in [-0.15, -0.1) is 11.8 Å². The summed E-state index contributed by atoms with van der Waals surface area (Å²) in [6, 6.07) is 9.65. The second-order valence-corrected chi connectivity index (χ2v) is 5.33. The Morgan fingerprint density at radius 3 is 2.84 bits per heavy atom. The van der Waals surface area contributed by atoms with E-state index in [0.29, 0.717) is 5.76 Å². The molecule has 19 heavy (non-hydrogen) atoms. The Labute approximate surface area is 114 Å². The summed E-state index contributed by atoms with van der Waals surface area (Å²) in [7, 11) is 1.30. The van der Waals surface area contributed by atoms with Crippen molar-refractivity contribution in [3.05, 3.63) is 53.7 Å². The van der Waals surface area contributed by atoms with E-state index in [9.17, 15) is 9.18 Å². The van der Waals surface area contributed by atoms with Crippen molar-refractivity contribution in [2.24, 2.45) is 0 Å². The Morgan fingerprint density at radius 2 is 2.16 bits per heavy atom. The first-order chi connectivity index (χ1) is 9.10. The maximum Gasteiger partial charge on any atom is 0.373 e. The summed E-state index contributed by atoms with van der Waals surface area (Å²) in [5, 5.41) is -0.0276. The zero-order chi connectivity index (χ0) is 13.8. The van der Waals surface area contributed by atoms with Gasteiger partial charge in [-0.1, -0.05) is 6.07 Å². The monoisotopic (exact) mass is 280 g/mol. The van der Waals surface area contributed by atoms with Crippen LogP contribution in [0.1, 0.15) is 28.5 Å². The number of rotatable bonds is 4. The zero-order valence-corrected chi connectivity index (χ0v) is 11.4. The summed E-state index contributed by atoms with van der Waals surface area (Å²) in [5.74, 6) is 0.0416. The van der Waals surface area contributed by atoms with Crippen molar-refractivity contribution in [3.63, 3.8) is 0 Å². The summed E-state index contributed by atoms with van der Waals surface area (Å²) in [4.78, 5) is 12.1. The van der Waals surface area contributed by atoms with E-state index >= 15 is 0 Å². The molecule has 0 bridgehead atoms. The van der Waals surface area contributed by atoms with E-state index in [1.54, 1.807) is 18.2 Å². The van der Waals surface area contributed by atoms with Gasteiger partial charge in [0.15, 0.2) is 0 Å². The predicted molar refractivity (Wildman–Crippen MR) is 70.7 cm³/mol. The molecule has 0 aliphatic rings. The minimum Gasteiger partial charge on any atom is -0.463 e. The van der Waals surface area contributed by atoms with Gasteiger partial charge in [-0.2, -0.15) is 0 Å². The van der Waals surface area contributed by atoms with E-state index in [1.807, 2.05) is 13.0 Å². The van der Waals surface area contributed by atoms with Gasteiger partial charge in [0.25, 0.3) is 0 Å². The van der Waals surface area contributed by atoms with Crippen LogP contribution in [-0.4, -0.2) is 13.1 Å². The first-order valence-corrected chi connectivity index (χ1v) is 6.58. The second-order valence-electron chi connectivity index (χ2n) is 3.91. The second kappa shape index (κ2) is 5.93. The molecule has 0 aliphatic carbocycles. The normalized spacial score (nSPS) is 12.2. The van der Waals surface area contributed by atoms with Crippen molar-refractivity contribution in [2.45, 2.75) is 17.1 Å². The van der Waals surface area contributed by atoms with Crippen molar-refractivity contribution in [1.82, 2.24) is 0 Å². The Hall–Kier alpha value is -1.75. The summed E-state index contributed by atoms with van der Waals surface area (Å²) in [6.45, 7) is 1.93. The van der Waals surface area contributed by atoms with Crippen LogP contribution in [0.25, 0.3) is 0 Å². The number of benzene rings is 1. The first kappa shape index (κ1) is 13.7. The minimum atomic E-state index is -0.505. The smallest absolute Gasteiger partial charge is 0.373 e. The van der Waals surface area contributed by atoms with E-state index in [4.69, 9.17) is 4.42 Å². The minimum absolute atomic E-state index is 0.0276. The standard InChI is InChI=1S/C14H13FO3S/c1-9(19-11-5-3-4-10(15)8-11)12-6-7-13(18-12)14(16)17-2/h3-9H,1-2H3. The third-order valence-corrected chi connectivity index (χ3v) is 3.63. The molecule has 0 saturated heterocycles. The number of hydrogen-bond acceptors (Lipinski definition) is 4. The average molecular weight is 280 g/mol. The molecule has 3 nitrogen and oxygen atoms in total. The highest BCUT2D eigenvalue weighted by molar-refractivity contribution is 7.99. The van der Waals surface area contributed by atoms with E-state index < -0.39 is 5.97 Å². The number of halogens is 1. The van der Waals surface area contributed by atoms with E-state index in [2.05, 4.69) is 4.74 Å². The topological polar surface area (TPSA) is 39.4 Å². The van der Waals surface area contributed by atoms with Gasteiger partial charge < -0.3 is 9.15 Å². The number of methoxy groups -OCH3 is 1. The van der Waals surface area contributed by atoms with E-state index in [-0.39, 0.29) is 16.8 Å². The predicted octanol–water partition coefficient (Wildman–Crippen LogP) is 4.06. The average Bonchev–Trinajstić information content (AvgIpc) is 2.87. The number of carbonyl (C=O) groups excluding carboxylic acids is 1. The molecule has 1 aromatic heterocycles. The molecule has 2 aromatic rings.